The Morgan fingerprint density at radius 1 is 1.32 bits per heavy atom. The number of likely N-dealkylation sites (N-methyl/N-ethyl adjacent to an activating group) is 1. The Morgan fingerprint density at radius 2 is 1.96 bits per heavy atom. The molecule has 2 rings (SSSR count). The van der Waals surface area contributed by atoms with Crippen molar-refractivity contribution in [1.82, 2.24) is 9.80 Å². The van der Waals surface area contributed by atoms with E-state index in [1.807, 2.05) is 6.07 Å². The van der Waals surface area contributed by atoms with Crippen molar-refractivity contribution >= 4 is 29.5 Å². The van der Waals surface area contributed by atoms with Gasteiger partial charge in [-0.25, -0.2) is 4.79 Å². The Kier molecular flexibility index (Phi) is 5.34. The smallest absolute Gasteiger partial charge is 0.327 e. The first-order chi connectivity index (χ1) is 11.8. The molecule has 0 unspecified atom stereocenters. The lowest BCUT2D eigenvalue weighted by Gasteiger charge is -2.16. The third-order valence-electron chi connectivity index (χ3n) is 3.48. The number of nitrogens with zero attached hydrogens (tertiary/aromatic N) is 3. The van der Waals surface area contributed by atoms with Crippen molar-refractivity contribution in [2.24, 2.45) is 0 Å². The van der Waals surface area contributed by atoms with Crippen LogP contribution >= 0.6 is 0 Å². The lowest BCUT2D eigenvalue weighted by Crippen LogP contribution is -2.39. The largest absolute Gasteiger partial charge is 0.451 e. The van der Waals surface area contributed by atoms with Gasteiger partial charge in [-0.1, -0.05) is 0 Å². The summed E-state index contributed by atoms with van der Waals surface area (Å²) in [6.07, 6.45) is -1.12. The maximum absolute atomic E-state index is 12.0. The Bertz CT molecular complexity index is 753. The van der Waals surface area contributed by atoms with E-state index >= 15 is 0 Å². The number of carbonyl (C=O) groups is 4. The first-order valence-corrected chi connectivity index (χ1v) is 7.37. The molecule has 1 aliphatic heterocycles. The van der Waals surface area contributed by atoms with E-state index in [-0.39, 0.29) is 6.54 Å². The molecule has 0 aromatic heterocycles. The fraction of sp³-hybridized carbons (Fsp3) is 0.312. The number of rotatable bonds is 5. The van der Waals surface area contributed by atoms with Crippen LogP contribution in [0, 0.1) is 11.3 Å². The monoisotopic (exact) mass is 344 g/mol. The molecule has 25 heavy (non-hydrogen) atoms. The normalized spacial score (nSPS) is 14.9. The minimum Gasteiger partial charge on any atom is -0.451 e. The van der Waals surface area contributed by atoms with E-state index in [1.54, 1.807) is 12.1 Å². The van der Waals surface area contributed by atoms with Gasteiger partial charge >= 0.3 is 12.0 Å². The number of ether oxygens (including phenoxy) is 1. The van der Waals surface area contributed by atoms with Crippen molar-refractivity contribution in [3.63, 3.8) is 0 Å². The Labute approximate surface area is 143 Å². The van der Waals surface area contributed by atoms with Crippen LogP contribution in [0.25, 0.3) is 0 Å². The van der Waals surface area contributed by atoms with Crippen LogP contribution in [-0.2, 0) is 19.1 Å². The molecule has 0 radical (unpaired) electrons. The molecule has 1 aliphatic rings. The number of urea groups is 1. The zero-order valence-corrected chi connectivity index (χ0v) is 13.7. The fourth-order valence-electron chi connectivity index (χ4n) is 2.11. The molecule has 9 nitrogen and oxygen atoms in total. The summed E-state index contributed by atoms with van der Waals surface area (Å²) in [6.45, 7) is 0.730. The van der Waals surface area contributed by atoms with E-state index in [1.165, 1.54) is 31.0 Å². The van der Waals surface area contributed by atoms with Crippen molar-refractivity contribution in [2.75, 3.05) is 25.5 Å². The Balaban J connectivity index is 1.87. The van der Waals surface area contributed by atoms with Crippen molar-refractivity contribution in [3.8, 4) is 6.07 Å². The number of nitriles is 1. The predicted octanol–water partition coefficient (Wildman–Crippen LogP) is 0.322. The molecule has 1 heterocycles. The quantitative estimate of drug-likeness (QED) is 0.607. The highest BCUT2D eigenvalue weighted by Gasteiger charge is 2.35. The van der Waals surface area contributed by atoms with Gasteiger partial charge in [-0.3, -0.25) is 19.3 Å². The predicted molar refractivity (Wildman–Crippen MR) is 85.1 cm³/mol. The van der Waals surface area contributed by atoms with Gasteiger partial charge in [0.15, 0.2) is 6.10 Å². The number of anilines is 1. The van der Waals surface area contributed by atoms with E-state index in [0.29, 0.717) is 11.3 Å². The van der Waals surface area contributed by atoms with Gasteiger partial charge in [0.2, 0.25) is 0 Å². The molecule has 0 bridgehead atoms. The molecule has 9 heteroatoms. The highest BCUT2D eigenvalue weighted by atomic mass is 16.5. The van der Waals surface area contributed by atoms with Gasteiger partial charge in [-0.2, -0.15) is 5.26 Å². The number of imide groups is 1. The molecule has 4 amide bonds. The van der Waals surface area contributed by atoms with Crippen LogP contribution in [0.5, 0.6) is 0 Å². The van der Waals surface area contributed by atoms with Crippen LogP contribution in [0.4, 0.5) is 10.5 Å². The third-order valence-corrected chi connectivity index (χ3v) is 3.48. The molecule has 1 N–H and O–H groups in total. The molecular formula is C16H16N4O5. The van der Waals surface area contributed by atoms with Crippen molar-refractivity contribution in [3.05, 3.63) is 29.8 Å². The average molecular weight is 344 g/mol. The summed E-state index contributed by atoms with van der Waals surface area (Å²) in [5.41, 5.74) is 0.890. The van der Waals surface area contributed by atoms with Gasteiger partial charge in [0.1, 0.15) is 13.1 Å². The minimum absolute atomic E-state index is 0.0964. The summed E-state index contributed by atoms with van der Waals surface area (Å²) in [4.78, 5) is 49.1. The van der Waals surface area contributed by atoms with Crippen LogP contribution in [0.1, 0.15) is 12.5 Å². The number of nitrogens with one attached hydrogen (secondary N) is 1. The first kappa shape index (κ1) is 17.9. The molecule has 1 saturated heterocycles. The number of benzene rings is 1. The maximum Gasteiger partial charge on any atom is 0.327 e. The molecule has 1 aromatic rings. The molecule has 0 aliphatic carbocycles. The van der Waals surface area contributed by atoms with Crippen LogP contribution in [-0.4, -0.2) is 59.9 Å². The lowest BCUT2D eigenvalue weighted by molar-refractivity contribution is -0.154. The molecule has 130 valence electrons. The zero-order valence-electron chi connectivity index (χ0n) is 13.7. The summed E-state index contributed by atoms with van der Waals surface area (Å²) >= 11 is 0. The zero-order chi connectivity index (χ0) is 18.6. The molecule has 1 atom stereocenters. The Morgan fingerprint density at radius 3 is 2.48 bits per heavy atom. The summed E-state index contributed by atoms with van der Waals surface area (Å²) in [7, 11) is 1.44. The van der Waals surface area contributed by atoms with E-state index in [4.69, 9.17) is 10.00 Å². The standard InChI is InChI=1S/C16H16N4O5/c1-10(15(23)18-12-5-3-11(7-17)4-6-12)25-14(22)9-20-13(21)8-19(2)16(20)24/h3-6,10H,8-9H2,1-2H3,(H,18,23)/t10-/m0/s1. The highest BCUT2D eigenvalue weighted by Crippen LogP contribution is 2.11. The van der Waals surface area contributed by atoms with Crippen LogP contribution < -0.4 is 5.32 Å². The fourth-order valence-corrected chi connectivity index (χ4v) is 2.11. The second-order valence-electron chi connectivity index (χ2n) is 5.43. The average Bonchev–Trinajstić information content (AvgIpc) is 2.81. The number of esters is 1. The van der Waals surface area contributed by atoms with Crippen molar-refractivity contribution < 1.29 is 23.9 Å². The molecular weight excluding hydrogens is 328 g/mol. The number of amides is 4. The molecule has 0 spiro atoms. The summed E-state index contributed by atoms with van der Waals surface area (Å²) in [5.74, 6) is -1.94. The van der Waals surface area contributed by atoms with Gasteiger partial charge in [0.25, 0.3) is 11.8 Å². The van der Waals surface area contributed by atoms with Crippen molar-refractivity contribution in [2.45, 2.75) is 13.0 Å². The van der Waals surface area contributed by atoms with E-state index in [0.717, 1.165) is 4.90 Å². The highest BCUT2D eigenvalue weighted by molar-refractivity contribution is 6.04. The third kappa shape index (κ3) is 4.32. The van der Waals surface area contributed by atoms with E-state index in [2.05, 4.69) is 5.32 Å². The second-order valence-corrected chi connectivity index (χ2v) is 5.43. The lowest BCUT2D eigenvalue weighted by atomic mass is 10.2. The summed E-state index contributed by atoms with van der Waals surface area (Å²) < 4.78 is 4.96. The molecule has 1 aromatic carbocycles. The number of hydrogen-bond donors (Lipinski definition) is 1. The Hall–Kier alpha value is -3.41. The van der Waals surface area contributed by atoms with Gasteiger partial charge < -0.3 is 15.0 Å². The summed E-state index contributed by atoms with van der Waals surface area (Å²) in [6, 6.07) is 7.53. The van der Waals surface area contributed by atoms with E-state index < -0.39 is 36.5 Å². The van der Waals surface area contributed by atoms with E-state index in [9.17, 15) is 19.2 Å². The first-order valence-electron chi connectivity index (χ1n) is 7.37. The maximum atomic E-state index is 12.0. The second kappa shape index (κ2) is 7.44. The molecule has 0 saturated carbocycles. The summed E-state index contributed by atoms with van der Waals surface area (Å²) in [5, 5.41) is 11.3. The minimum atomic E-state index is -1.12. The molecule has 1 fully saturated rings. The van der Waals surface area contributed by atoms with Gasteiger partial charge in [0, 0.05) is 12.7 Å². The van der Waals surface area contributed by atoms with Gasteiger partial charge in [-0.05, 0) is 31.2 Å². The van der Waals surface area contributed by atoms with Gasteiger partial charge in [-0.15, -0.1) is 0 Å². The van der Waals surface area contributed by atoms with Gasteiger partial charge in [0.05, 0.1) is 11.6 Å². The van der Waals surface area contributed by atoms with Crippen LogP contribution in [0.2, 0.25) is 0 Å². The number of carbonyl (C=O) groups excluding carboxylic acids is 4. The number of hydrogen-bond acceptors (Lipinski definition) is 6. The van der Waals surface area contributed by atoms with Crippen molar-refractivity contribution in [1.29, 1.82) is 5.26 Å². The van der Waals surface area contributed by atoms with Crippen LogP contribution in [0.3, 0.4) is 0 Å². The SMILES string of the molecule is C[C@H](OC(=O)CN1C(=O)CN(C)C1=O)C(=O)Nc1ccc(C#N)cc1. The topological polar surface area (TPSA) is 120 Å². The van der Waals surface area contributed by atoms with Crippen LogP contribution in [0.15, 0.2) is 24.3 Å².